The molecule has 8 aromatic rings. The van der Waals surface area contributed by atoms with E-state index in [-0.39, 0.29) is 83.3 Å². The maximum Gasteiger partial charge on any atom is 0.317 e. The summed E-state index contributed by atoms with van der Waals surface area (Å²) in [5, 5.41) is 68.9. The highest BCUT2D eigenvalue weighted by Gasteiger charge is 2.68. The maximum atomic E-state index is 17.8. The smallest absolute Gasteiger partial charge is 0.317 e. The summed E-state index contributed by atoms with van der Waals surface area (Å²) in [6.45, 7) is 2.61. The molecule has 0 saturated heterocycles. The van der Waals surface area contributed by atoms with Gasteiger partial charge < -0.3 is 49.8 Å². The van der Waals surface area contributed by atoms with Crippen LogP contribution in [0.2, 0.25) is 0 Å². The second-order valence-corrected chi connectivity index (χ2v) is 34.2. The largest absolute Gasteiger partial charge is 0.508 e. The number of aliphatic hydroxyl groups excluding tert-OH is 2. The van der Waals surface area contributed by atoms with Crippen LogP contribution in [0.15, 0.2) is 146 Å². The Kier molecular flexibility index (Phi) is 16.6. The average Bonchev–Trinajstić information content (AvgIpc) is 0.681. The van der Waals surface area contributed by atoms with E-state index in [0.29, 0.717) is 56.7 Å². The van der Waals surface area contributed by atoms with Gasteiger partial charge in [-0.2, -0.15) is 0 Å². The van der Waals surface area contributed by atoms with Crippen molar-refractivity contribution in [2.75, 3.05) is 26.0 Å². The first-order valence-electron chi connectivity index (χ1n) is 34.6. The van der Waals surface area contributed by atoms with E-state index in [0.717, 1.165) is 90.2 Å². The second-order valence-electron chi connectivity index (χ2n) is 29.0. The lowest BCUT2D eigenvalue weighted by molar-refractivity contribution is -0.178. The Balaban J connectivity index is 0.908. The fraction of sp³-hybridized carbons (Fsp3) is 0.407. The van der Waals surface area contributed by atoms with Gasteiger partial charge >= 0.3 is 11.9 Å². The molecule has 17 unspecified atom stereocenters. The molecule has 9 aliphatic rings. The van der Waals surface area contributed by atoms with E-state index in [1.54, 1.807) is 30.0 Å². The minimum atomic E-state index is -1.31. The van der Waals surface area contributed by atoms with E-state index in [2.05, 4.69) is 114 Å². The van der Waals surface area contributed by atoms with E-state index in [1.165, 1.54) is 28.8 Å². The van der Waals surface area contributed by atoms with Gasteiger partial charge in [0.25, 0.3) is 0 Å². The van der Waals surface area contributed by atoms with Crippen molar-refractivity contribution in [2.45, 2.75) is 129 Å². The summed E-state index contributed by atoms with van der Waals surface area (Å²) in [5.74, 6) is 6.43. The standard InChI is InChI=1S/C81H79NO11S4/c1-43(83)92-72-33-58-32-64-62-35-74(70(86)28-52(62)26-65-69(85)36-67-63-34-71(87)73(90-2)29-53(63)27-68(72)81(67,78(64)65)56-18-15-46-9-3-4-11-48(46)24-56)91-40-76(88)97-95-42-54-37-80(79(89)93-58)55-17-16-50-25-57(84)31-61(60(50)30-55)49-13-7-8-44(23-49)38-82-39-45-14-19-59-66(80)20-21-75(77(54)59)96-94-41-51-12-6-5-10-47(51)22-45/h3-13,15-18,23-25,28-31,34-35,45,54,58-59,64-69,72,75-78,82,84-88H,20-22,26-27,32-33,36-42H2,1-2H3. The summed E-state index contributed by atoms with van der Waals surface area (Å²) < 4.78 is 27.2. The zero-order valence-corrected chi connectivity index (χ0v) is 57.5. The summed E-state index contributed by atoms with van der Waals surface area (Å²) in [6.07, 6.45) is 1.69. The van der Waals surface area contributed by atoms with Crippen molar-refractivity contribution < 1.29 is 54.1 Å². The number of phenolic OH excluding ortho intramolecular Hbond substituents is 3. The van der Waals surface area contributed by atoms with Gasteiger partial charge in [0.15, 0.2) is 23.0 Å². The molecule has 0 radical (unpaired) electrons. The van der Waals surface area contributed by atoms with Crippen molar-refractivity contribution in [3.8, 4) is 51.7 Å². The van der Waals surface area contributed by atoms with Gasteiger partial charge in [0.1, 0.15) is 30.0 Å². The lowest BCUT2D eigenvalue weighted by Gasteiger charge is -2.66. The highest BCUT2D eigenvalue weighted by atomic mass is 33.1. The minimum absolute atomic E-state index is 0.00433. The Morgan fingerprint density at radius 3 is 2.41 bits per heavy atom. The first-order valence-corrected chi connectivity index (χ1v) is 39.3. The Morgan fingerprint density at radius 2 is 1.55 bits per heavy atom. The van der Waals surface area contributed by atoms with E-state index in [9.17, 15) is 30.3 Å². The molecule has 0 amide bonds. The van der Waals surface area contributed by atoms with Gasteiger partial charge in [-0.05, 0) is 224 Å². The number of carbonyl (C=O) groups excluding carboxylic acids is 2. The van der Waals surface area contributed by atoms with Gasteiger partial charge in [-0.3, -0.25) is 9.59 Å². The topological polar surface area (TPSA) is 184 Å². The number of rotatable bonds is 3. The van der Waals surface area contributed by atoms with Crippen LogP contribution in [0.4, 0.5) is 0 Å². The molecule has 16 heteroatoms. The number of hydrogen-bond acceptors (Lipinski definition) is 16. The van der Waals surface area contributed by atoms with Gasteiger partial charge in [0, 0.05) is 66.4 Å². The fourth-order valence-corrected chi connectivity index (χ4v) is 25.8. The molecule has 3 heterocycles. The number of nitrogens with one attached hydrogen (secondary N) is 1. The van der Waals surface area contributed by atoms with Crippen LogP contribution in [-0.4, -0.2) is 92.5 Å². The molecule has 4 saturated carbocycles. The molecule has 12 nitrogen and oxygen atoms in total. The normalized spacial score (nSPS) is 32.5. The lowest BCUT2D eigenvalue weighted by atomic mass is 9.38. The number of aromatic hydroxyl groups is 3. The van der Waals surface area contributed by atoms with Crippen LogP contribution in [0, 0.1) is 59.2 Å². The zero-order chi connectivity index (χ0) is 66.0. The van der Waals surface area contributed by atoms with Crippen LogP contribution < -0.4 is 14.8 Å². The SMILES string of the molecule is COc1cc2c(cc1O)C1CC(O)C3Cc4cc(O)c5cc4C4CC(CC(OC(C)=O)C(C2)C1(c1ccc2ccccc2c1)C43)OC(=O)C12CC(CSSC(O)CO5)C3C4CCC1C3C#CC(CNCc1cccc(c1)-c1cc(O)cc3ccc2cc13)Cc1ccccc1CSS4. The number of aliphatic hydroxyl groups is 2. The number of phenols is 3. The summed E-state index contributed by atoms with van der Waals surface area (Å²) in [7, 11) is 8.37. The van der Waals surface area contributed by atoms with Gasteiger partial charge in [-0.1, -0.05) is 152 Å². The molecule has 6 N–H and O–H groups in total. The summed E-state index contributed by atoms with van der Waals surface area (Å²) >= 11 is 0. The fourth-order valence-electron chi connectivity index (χ4n) is 20.4. The molecule has 6 aliphatic carbocycles. The van der Waals surface area contributed by atoms with Crippen molar-refractivity contribution in [3.63, 3.8) is 0 Å². The third-order valence-electron chi connectivity index (χ3n) is 24.1. The first-order chi connectivity index (χ1) is 47.2. The summed E-state index contributed by atoms with van der Waals surface area (Å²) in [6, 6.07) is 49.9. The van der Waals surface area contributed by atoms with Crippen LogP contribution in [0.3, 0.4) is 0 Å². The van der Waals surface area contributed by atoms with E-state index in [1.807, 2.05) is 58.0 Å². The van der Waals surface area contributed by atoms with Crippen LogP contribution in [0.25, 0.3) is 32.7 Å². The van der Waals surface area contributed by atoms with Crippen LogP contribution in [0.1, 0.15) is 107 Å². The Bertz CT molecular complexity index is 4530. The van der Waals surface area contributed by atoms with Gasteiger partial charge in [0.2, 0.25) is 0 Å². The number of ether oxygens (including phenoxy) is 4. The van der Waals surface area contributed by atoms with Crippen molar-refractivity contribution in [3.05, 3.63) is 196 Å². The van der Waals surface area contributed by atoms with E-state index in [4.69, 9.17) is 18.9 Å². The molecule has 97 heavy (non-hydrogen) atoms. The van der Waals surface area contributed by atoms with Crippen LogP contribution in [-0.2, 0) is 61.5 Å². The van der Waals surface area contributed by atoms with Crippen LogP contribution >= 0.6 is 43.2 Å². The average molecular weight is 1370 g/mol. The number of fused-ring (bicyclic) bond motifs is 12. The number of benzene rings is 8. The molecule has 17 rings (SSSR count). The third kappa shape index (κ3) is 10.9. The molecule has 498 valence electrons. The predicted octanol–water partition coefficient (Wildman–Crippen LogP) is 14.9. The lowest BCUT2D eigenvalue weighted by Crippen LogP contribution is -2.65. The minimum Gasteiger partial charge on any atom is -0.508 e. The van der Waals surface area contributed by atoms with Crippen molar-refractivity contribution in [2.24, 2.45) is 47.3 Å². The summed E-state index contributed by atoms with van der Waals surface area (Å²) in [5.41, 5.74) is 7.73. The molecule has 3 aliphatic heterocycles. The van der Waals surface area contributed by atoms with Crippen molar-refractivity contribution >= 4 is 76.7 Å². The monoisotopic (exact) mass is 1370 g/mol. The van der Waals surface area contributed by atoms with Gasteiger partial charge in [-0.25, -0.2) is 0 Å². The Hall–Kier alpha value is -6.94. The molecular formula is C81H79NO11S4. The molecular weight excluding hydrogens is 1290 g/mol. The van der Waals surface area contributed by atoms with Crippen molar-refractivity contribution in [1.29, 1.82) is 0 Å². The highest BCUT2D eigenvalue weighted by Crippen LogP contribution is 2.70. The van der Waals surface area contributed by atoms with Gasteiger partial charge in [-0.15, -0.1) is 0 Å². The Morgan fingerprint density at radius 1 is 0.722 bits per heavy atom. The Labute approximate surface area is 581 Å². The predicted molar refractivity (Wildman–Crippen MR) is 385 cm³/mol. The van der Waals surface area contributed by atoms with E-state index < -0.39 is 70.1 Å². The third-order valence-corrected chi connectivity index (χ3v) is 29.5. The van der Waals surface area contributed by atoms with Crippen LogP contribution in [0.5, 0.6) is 28.7 Å². The number of hydrogen-bond donors (Lipinski definition) is 6. The molecule has 0 aromatic heterocycles. The number of methoxy groups -OCH3 is 1. The van der Waals surface area contributed by atoms with E-state index >= 15 is 4.79 Å². The van der Waals surface area contributed by atoms with Crippen molar-refractivity contribution in [1.82, 2.24) is 5.32 Å². The molecule has 17 atom stereocenters. The highest BCUT2D eigenvalue weighted by molar-refractivity contribution is 8.77. The molecule has 15 bridgehead atoms. The first kappa shape index (κ1) is 63.5. The molecule has 4 fully saturated rings. The zero-order valence-electron chi connectivity index (χ0n) is 54.2. The molecule has 1 spiro atoms. The summed E-state index contributed by atoms with van der Waals surface area (Å²) in [4.78, 5) is 32.1. The number of esters is 2. The quantitative estimate of drug-likeness (QED) is 0.0557. The molecule has 8 aromatic carbocycles. The number of carbonyl (C=O) groups is 2. The maximum absolute atomic E-state index is 17.8. The second kappa shape index (κ2) is 25.3. The van der Waals surface area contributed by atoms with Gasteiger partial charge in [0.05, 0.1) is 18.6 Å².